The second-order valence-corrected chi connectivity index (χ2v) is 5.15. The van der Waals surface area contributed by atoms with Crippen molar-refractivity contribution in [3.05, 3.63) is 57.6 Å². The zero-order valence-electron chi connectivity index (χ0n) is 11.3. The molecule has 2 aromatic heterocycles. The molecule has 3 aromatic rings. The third kappa shape index (κ3) is 2.43. The summed E-state index contributed by atoms with van der Waals surface area (Å²) in [6.45, 7) is 0.145. The van der Waals surface area contributed by atoms with Crippen LogP contribution in [0.1, 0.15) is 11.7 Å². The Morgan fingerprint density at radius 1 is 1.29 bits per heavy atom. The Balaban J connectivity index is 2.01. The van der Waals surface area contributed by atoms with Gasteiger partial charge < -0.3 is 5.11 Å². The fourth-order valence-electron chi connectivity index (χ4n) is 2.23. The third-order valence-corrected chi connectivity index (χ3v) is 3.69. The van der Waals surface area contributed by atoms with Crippen LogP contribution in [0.25, 0.3) is 10.9 Å². The molecule has 0 saturated carbocycles. The number of aryl methyl sites for hydroxylation is 1. The Hall–Kier alpha value is -2.18. The average Bonchev–Trinajstić information content (AvgIpc) is 2.87. The van der Waals surface area contributed by atoms with Crippen molar-refractivity contribution >= 4 is 22.5 Å². The Labute approximate surface area is 125 Å². The molecule has 0 amide bonds. The zero-order chi connectivity index (χ0) is 15.0. The smallest absolute Gasteiger partial charge is 0.292 e. The van der Waals surface area contributed by atoms with Crippen molar-refractivity contribution in [3.63, 3.8) is 0 Å². The number of aromatic nitrogens is 4. The van der Waals surface area contributed by atoms with Crippen LogP contribution in [0.4, 0.5) is 0 Å². The first-order valence-electron chi connectivity index (χ1n) is 6.38. The first kappa shape index (κ1) is 13.8. The van der Waals surface area contributed by atoms with Crippen LogP contribution in [0.3, 0.4) is 0 Å². The lowest BCUT2D eigenvalue weighted by atomic mass is 10.1. The molecule has 7 heteroatoms. The topological polar surface area (TPSA) is 72.9 Å². The first-order chi connectivity index (χ1) is 10.1. The van der Waals surface area contributed by atoms with Gasteiger partial charge in [0.1, 0.15) is 11.6 Å². The van der Waals surface area contributed by atoms with Gasteiger partial charge in [0.05, 0.1) is 18.9 Å². The maximum atomic E-state index is 12.1. The zero-order valence-corrected chi connectivity index (χ0v) is 12.0. The number of rotatable bonds is 3. The van der Waals surface area contributed by atoms with Crippen molar-refractivity contribution in [1.82, 2.24) is 19.6 Å². The maximum absolute atomic E-state index is 12.1. The number of hydrogen-bond donors (Lipinski definition) is 1. The number of nitrogens with zero attached hydrogens (tertiary/aromatic N) is 4. The van der Waals surface area contributed by atoms with E-state index in [9.17, 15) is 9.90 Å². The largest absolute Gasteiger partial charge is 0.386 e. The molecule has 2 heterocycles. The van der Waals surface area contributed by atoms with Crippen LogP contribution < -0.4 is 5.56 Å². The highest BCUT2D eigenvalue weighted by Gasteiger charge is 2.15. The van der Waals surface area contributed by atoms with Crippen LogP contribution in [0.15, 0.2) is 41.5 Å². The molecule has 0 aliphatic rings. The summed E-state index contributed by atoms with van der Waals surface area (Å²) in [5.74, 6) is 0. The predicted molar refractivity (Wildman–Crippen MR) is 79.2 cm³/mol. The minimum Gasteiger partial charge on any atom is -0.386 e. The lowest BCUT2D eigenvalue weighted by Crippen LogP contribution is -2.22. The molecular weight excluding hydrogens is 292 g/mol. The molecule has 1 atom stereocenters. The number of halogens is 1. The van der Waals surface area contributed by atoms with Gasteiger partial charge >= 0.3 is 0 Å². The Morgan fingerprint density at radius 3 is 2.76 bits per heavy atom. The van der Waals surface area contributed by atoms with Gasteiger partial charge in [-0.15, -0.1) is 0 Å². The van der Waals surface area contributed by atoms with E-state index in [1.54, 1.807) is 43.7 Å². The number of aliphatic hydroxyl groups excluding tert-OH is 1. The number of hydrogen-bond acceptors (Lipinski definition) is 4. The van der Waals surface area contributed by atoms with Gasteiger partial charge in [0.25, 0.3) is 5.56 Å². The van der Waals surface area contributed by atoms with Gasteiger partial charge in [-0.3, -0.25) is 9.48 Å². The van der Waals surface area contributed by atoms with Gasteiger partial charge in [0, 0.05) is 23.0 Å². The Kier molecular flexibility index (Phi) is 3.48. The van der Waals surface area contributed by atoms with Crippen LogP contribution in [-0.4, -0.2) is 24.7 Å². The summed E-state index contributed by atoms with van der Waals surface area (Å²) in [7, 11) is 1.57. The normalized spacial score (nSPS) is 12.7. The molecule has 3 rings (SSSR count). The van der Waals surface area contributed by atoms with E-state index in [0.29, 0.717) is 21.5 Å². The van der Waals surface area contributed by atoms with E-state index in [1.165, 1.54) is 9.36 Å². The van der Waals surface area contributed by atoms with E-state index >= 15 is 0 Å². The average molecular weight is 305 g/mol. The molecule has 0 saturated heterocycles. The van der Waals surface area contributed by atoms with Gasteiger partial charge in [-0.1, -0.05) is 29.8 Å². The molecule has 1 unspecified atom stereocenters. The molecule has 0 fully saturated rings. The van der Waals surface area contributed by atoms with Crippen molar-refractivity contribution in [1.29, 1.82) is 0 Å². The van der Waals surface area contributed by atoms with Gasteiger partial charge in [-0.2, -0.15) is 10.2 Å². The van der Waals surface area contributed by atoms with E-state index in [1.807, 2.05) is 0 Å². The van der Waals surface area contributed by atoms with Crippen LogP contribution in [0.2, 0.25) is 5.02 Å². The maximum Gasteiger partial charge on any atom is 0.292 e. The van der Waals surface area contributed by atoms with Crippen molar-refractivity contribution in [2.24, 2.45) is 7.05 Å². The van der Waals surface area contributed by atoms with E-state index < -0.39 is 6.10 Å². The summed E-state index contributed by atoms with van der Waals surface area (Å²) >= 11 is 6.07. The SMILES string of the molecule is Cn1ncc2cnn(CC(O)c3ccccc3Cl)c2c1=O. The molecule has 0 bridgehead atoms. The Morgan fingerprint density at radius 2 is 2.00 bits per heavy atom. The molecule has 0 spiro atoms. The van der Waals surface area contributed by atoms with Crippen LogP contribution in [-0.2, 0) is 13.6 Å². The summed E-state index contributed by atoms with van der Waals surface area (Å²) in [5.41, 5.74) is 0.767. The van der Waals surface area contributed by atoms with Gasteiger partial charge in [-0.25, -0.2) is 4.68 Å². The van der Waals surface area contributed by atoms with E-state index in [2.05, 4.69) is 10.2 Å². The summed E-state index contributed by atoms with van der Waals surface area (Å²) in [4.78, 5) is 12.1. The number of aliphatic hydroxyl groups is 1. The van der Waals surface area contributed by atoms with Crippen molar-refractivity contribution in [3.8, 4) is 0 Å². The van der Waals surface area contributed by atoms with Crippen molar-refractivity contribution in [2.75, 3.05) is 0 Å². The first-order valence-corrected chi connectivity index (χ1v) is 6.76. The Bertz CT molecular complexity index is 856. The molecular formula is C14H13ClN4O2. The fraction of sp³-hybridized carbons (Fsp3) is 0.214. The molecule has 21 heavy (non-hydrogen) atoms. The van der Waals surface area contributed by atoms with Crippen LogP contribution in [0, 0.1) is 0 Å². The standard InChI is InChI=1S/C14H13ClN4O2/c1-18-14(21)13-9(6-16-18)7-17-19(13)8-12(20)10-4-2-3-5-11(10)15/h2-7,12,20H,8H2,1H3. The summed E-state index contributed by atoms with van der Waals surface area (Å²) < 4.78 is 2.72. The van der Waals surface area contributed by atoms with E-state index in [0.717, 1.165) is 0 Å². The number of benzene rings is 1. The van der Waals surface area contributed by atoms with E-state index in [-0.39, 0.29) is 12.1 Å². The minimum atomic E-state index is -0.848. The monoisotopic (exact) mass is 304 g/mol. The fourth-order valence-corrected chi connectivity index (χ4v) is 2.49. The summed E-state index contributed by atoms with van der Waals surface area (Å²) in [5, 5.41) is 19.5. The van der Waals surface area contributed by atoms with Crippen molar-refractivity contribution < 1.29 is 5.11 Å². The minimum absolute atomic E-state index is 0.145. The van der Waals surface area contributed by atoms with Crippen molar-refractivity contribution in [2.45, 2.75) is 12.6 Å². The molecule has 0 aliphatic heterocycles. The lowest BCUT2D eigenvalue weighted by Gasteiger charge is -2.13. The van der Waals surface area contributed by atoms with Gasteiger partial charge in [0.15, 0.2) is 0 Å². The molecule has 0 radical (unpaired) electrons. The molecule has 108 valence electrons. The van der Waals surface area contributed by atoms with Gasteiger partial charge in [0.2, 0.25) is 0 Å². The van der Waals surface area contributed by atoms with Crippen LogP contribution in [0.5, 0.6) is 0 Å². The lowest BCUT2D eigenvalue weighted by molar-refractivity contribution is 0.153. The quantitative estimate of drug-likeness (QED) is 0.796. The predicted octanol–water partition coefficient (Wildman–Crippen LogP) is 1.52. The highest BCUT2D eigenvalue weighted by molar-refractivity contribution is 6.31. The highest BCUT2D eigenvalue weighted by Crippen LogP contribution is 2.24. The molecule has 0 aliphatic carbocycles. The second-order valence-electron chi connectivity index (χ2n) is 4.74. The summed E-state index contributed by atoms with van der Waals surface area (Å²) in [6.07, 6.45) is 2.28. The number of fused-ring (bicyclic) bond motifs is 1. The molecule has 1 N–H and O–H groups in total. The second kappa shape index (κ2) is 5.31. The van der Waals surface area contributed by atoms with Crippen LogP contribution >= 0.6 is 11.6 Å². The molecule has 1 aromatic carbocycles. The third-order valence-electron chi connectivity index (χ3n) is 3.34. The highest BCUT2D eigenvalue weighted by atomic mass is 35.5. The van der Waals surface area contributed by atoms with E-state index in [4.69, 9.17) is 11.6 Å². The molecule has 6 nitrogen and oxygen atoms in total. The summed E-state index contributed by atoms with van der Waals surface area (Å²) in [6, 6.07) is 7.06. The van der Waals surface area contributed by atoms with Gasteiger partial charge in [-0.05, 0) is 6.07 Å².